The molecule has 59 heavy (non-hydrogen) atoms. The molecule has 1 spiro atoms. The Bertz CT molecular complexity index is 2350. The first-order valence-corrected chi connectivity index (χ1v) is 21.6. The van der Waals surface area contributed by atoms with Crippen LogP contribution < -0.4 is 15.0 Å². The van der Waals surface area contributed by atoms with Gasteiger partial charge in [-0.05, 0) is 156 Å². The quantitative estimate of drug-likeness (QED) is 0.124. The summed E-state index contributed by atoms with van der Waals surface area (Å²) in [6.07, 6.45) is 7.38. The summed E-state index contributed by atoms with van der Waals surface area (Å²) in [5.74, 6) is 0.540. The second kappa shape index (κ2) is 16.7. The largest absolute Gasteiger partial charge is 0.493 e. The van der Waals surface area contributed by atoms with Gasteiger partial charge in [-0.15, -0.1) is 0 Å². The van der Waals surface area contributed by atoms with Gasteiger partial charge in [-0.2, -0.15) is 0 Å². The number of carboxylic acids is 1. The van der Waals surface area contributed by atoms with Crippen LogP contribution in [0.3, 0.4) is 0 Å². The number of aliphatic carboxylic acids is 1. The number of nitrogens with one attached hydrogen (secondary N) is 1. The number of anilines is 2. The zero-order valence-electron chi connectivity index (χ0n) is 34.4. The minimum Gasteiger partial charge on any atom is -0.493 e. The number of hydrogen-bond donors (Lipinski definition) is 2. The normalized spacial score (nSPS) is 17.8. The van der Waals surface area contributed by atoms with Crippen LogP contribution in [0.4, 0.5) is 10.9 Å². The van der Waals surface area contributed by atoms with Gasteiger partial charge >= 0.3 is 11.9 Å². The lowest BCUT2D eigenvalue weighted by molar-refractivity contribution is -0.138. The lowest BCUT2D eigenvalue weighted by Gasteiger charge is -2.39. The molecule has 8 rings (SSSR count). The number of carbonyl (C=O) groups is 3. The number of esters is 1. The van der Waals surface area contributed by atoms with Crippen LogP contribution in [0.1, 0.15) is 96.8 Å². The number of fused-ring (bicyclic) bond motifs is 2. The van der Waals surface area contributed by atoms with Crippen molar-refractivity contribution >= 4 is 50.3 Å². The van der Waals surface area contributed by atoms with Crippen LogP contribution in [0.2, 0.25) is 0 Å². The van der Waals surface area contributed by atoms with E-state index in [1.165, 1.54) is 30.6 Å². The van der Waals surface area contributed by atoms with Crippen LogP contribution in [0.25, 0.3) is 21.3 Å². The Morgan fingerprint density at radius 3 is 2.51 bits per heavy atom. The Morgan fingerprint density at radius 2 is 1.73 bits per heavy atom. The molecular formula is C47H53N5O6S. The number of piperidine rings is 1. The Kier molecular flexibility index (Phi) is 11.5. The molecule has 1 atom stereocenters. The van der Waals surface area contributed by atoms with E-state index in [9.17, 15) is 19.5 Å². The molecule has 308 valence electrons. The number of likely N-dealkylation sites (tertiary alicyclic amines) is 1. The van der Waals surface area contributed by atoms with Crippen LogP contribution in [-0.2, 0) is 22.5 Å². The van der Waals surface area contributed by atoms with Gasteiger partial charge in [0.05, 0.1) is 23.4 Å². The summed E-state index contributed by atoms with van der Waals surface area (Å²) >= 11 is 1.45. The van der Waals surface area contributed by atoms with Crippen molar-refractivity contribution in [3.8, 4) is 16.9 Å². The van der Waals surface area contributed by atoms with E-state index in [2.05, 4.69) is 26.2 Å². The highest BCUT2D eigenvalue weighted by Gasteiger charge is 2.41. The average Bonchev–Trinajstić information content (AvgIpc) is 3.81. The summed E-state index contributed by atoms with van der Waals surface area (Å²) in [4.78, 5) is 52.7. The molecule has 0 unspecified atom stereocenters. The van der Waals surface area contributed by atoms with Crippen molar-refractivity contribution < 1.29 is 29.0 Å². The standard InChI is InChI=1S/C47H53N5O6S/c1-30-33(10-8-13-38(30)57-26-19-31-17-20-47(27-31)21-24-51(25-22-47)29-41(53)54)34-15-16-40(49-42(34)44(56)58-46(2,3)4)52-23-18-32-9-7-11-35(36(32)28-52)43(55)50-45-48-37-12-5-6-14-39(37)59-45/h5-16,31H,17-29H2,1-4H3,(H,53,54)(H,48,50,55)/t31-/m0/s1. The number of para-hydroxylation sites is 1. The van der Waals surface area contributed by atoms with E-state index in [1.807, 2.05) is 94.4 Å². The van der Waals surface area contributed by atoms with Crippen molar-refractivity contribution in [2.75, 3.05) is 43.0 Å². The van der Waals surface area contributed by atoms with Gasteiger partial charge in [0.25, 0.3) is 5.91 Å². The monoisotopic (exact) mass is 815 g/mol. The molecule has 1 saturated carbocycles. The fourth-order valence-electron chi connectivity index (χ4n) is 9.21. The smallest absolute Gasteiger partial charge is 0.358 e. The molecular weight excluding hydrogens is 763 g/mol. The summed E-state index contributed by atoms with van der Waals surface area (Å²) in [5.41, 5.74) is 5.77. The number of amides is 1. The number of carbonyl (C=O) groups excluding carboxylic acids is 2. The number of hydrogen-bond acceptors (Lipinski definition) is 10. The van der Waals surface area contributed by atoms with E-state index in [0.29, 0.717) is 59.5 Å². The van der Waals surface area contributed by atoms with Gasteiger partial charge in [-0.25, -0.2) is 14.8 Å². The van der Waals surface area contributed by atoms with E-state index in [0.717, 1.165) is 70.6 Å². The summed E-state index contributed by atoms with van der Waals surface area (Å²) in [6.45, 7) is 11.2. The zero-order valence-corrected chi connectivity index (χ0v) is 35.2. The van der Waals surface area contributed by atoms with E-state index < -0.39 is 17.5 Å². The van der Waals surface area contributed by atoms with Gasteiger partial charge in [-0.3, -0.25) is 19.8 Å². The maximum atomic E-state index is 14.0. The van der Waals surface area contributed by atoms with Gasteiger partial charge < -0.3 is 19.5 Å². The Hall–Kier alpha value is -5.33. The van der Waals surface area contributed by atoms with Crippen molar-refractivity contribution in [3.05, 3.63) is 101 Å². The Labute approximate surface area is 349 Å². The number of rotatable bonds is 11. The first-order chi connectivity index (χ1) is 28.3. The third-order valence-electron chi connectivity index (χ3n) is 12.3. The van der Waals surface area contributed by atoms with Crippen LogP contribution in [0.5, 0.6) is 5.75 Å². The average molecular weight is 816 g/mol. The molecule has 0 radical (unpaired) electrons. The Balaban J connectivity index is 0.984. The molecule has 5 aromatic rings. The zero-order chi connectivity index (χ0) is 41.3. The lowest BCUT2D eigenvalue weighted by Crippen LogP contribution is -2.41. The second-order valence-corrected chi connectivity index (χ2v) is 18.5. The van der Waals surface area contributed by atoms with Gasteiger partial charge in [0, 0.05) is 24.2 Å². The van der Waals surface area contributed by atoms with E-state index in [-0.39, 0.29) is 18.1 Å². The fraction of sp³-hybridized carbons (Fsp3) is 0.426. The van der Waals surface area contributed by atoms with Crippen molar-refractivity contribution in [2.24, 2.45) is 11.3 Å². The minimum absolute atomic E-state index is 0.133. The van der Waals surface area contributed by atoms with Crippen LogP contribution in [0, 0.1) is 18.3 Å². The molecule has 2 fully saturated rings. The molecule has 2 aromatic heterocycles. The third kappa shape index (κ3) is 9.13. The summed E-state index contributed by atoms with van der Waals surface area (Å²) in [6, 6.07) is 23.5. The topological polar surface area (TPSA) is 134 Å². The summed E-state index contributed by atoms with van der Waals surface area (Å²) < 4.78 is 13.4. The Morgan fingerprint density at radius 1 is 0.932 bits per heavy atom. The van der Waals surface area contributed by atoms with Crippen LogP contribution >= 0.6 is 11.3 Å². The third-order valence-corrected chi connectivity index (χ3v) is 13.2. The van der Waals surface area contributed by atoms with E-state index in [1.54, 1.807) is 0 Å². The molecule has 4 heterocycles. The van der Waals surface area contributed by atoms with Gasteiger partial charge in [0.15, 0.2) is 10.8 Å². The molecule has 1 aliphatic carbocycles. The number of aromatic nitrogens is 2. The van der Waals surface area contributed by atoms with Crippen LogP contribution in [0.15, 0.2) is 72.8 Å². The molecule has 3 aromatic carbocycles. The highest BCUT2D eigenvalue weighted by molar-refractivity contribution is 7.22. The van der Waals surface area contributed by atoms with Gasteiger partial charge in [-0.1, -0.05) is 47.7 Å². The van der Waals surface area contributed by atoms with Crippen molar-refractivity contribution in [1.82, 2.24) is 14.9 Å². The SMILES string of the molecule is Cc1c(OCC[C@@H]2CCC3(CCN(CC(=O)O)CC3)C2)cccc1-c1ccc(N2CCc3cccc(C(=O)Nc4nc5ccccc5s4)c3C2)nc1C(=O)OC(C)(C)C. The predicted octanol–water partition coefficient (Wildman–Crippen LogP) is 9.17. The van der Waals surface area contributed by atoms with E-state index in [4.69, 9.17) is 14.5 Å². The van der Waals surface area contributed by atoms with Crippen molar-refractivity contribution in [3.63, 3.8) is 0 Å². The van der Waals surface area contributed by atoms with Crippen molar-refractivity contribution in [1.29, 1.82) is 0 Å². The number of pyridine rings is 1. The predicted molar refractivity (Wildman–Crippen MR) is 232 cm³/mol. The van der Waals surface area contributed by atoms with E-state index >= 15 is 0 Å². The second-order valence-electron chi connectivity index (χ2n) is 17.5. The number of benzene rings is 3. The highest BCUT2D eigenvalue weighted by atomic mass is 32.1. The van der Waals surface area contributed by atoms with Crippen molar-refractivity contribution in [2.45, 2.75) is 84.8 Å². The number of nitrogens with zero attached hydrogens (tertiary/aromatic N) is 4. The number of ether oxygens (including phenoxy) is 2. The highest BCUT2D eigenvalue weighted by Crippen LogP contribution is 2.50. The maximum Gasteiger partial charge on any atom is 0.358 e. The molecule has 12 heteroatoms. The molecule has 2 N–H and O–H groups in total. The maximum absolute atomic E-state index is 14.0. The first kappa shape index (κ1) is 40.4. The molecule has 0 bridgehead atoms. The van der Waals surface area contributed by atoms with Gasteiger partial charge in [0.1, 0.15) is 17.2 Å². The molecule has 11 nitrogen and oxygen atoms in total. The number of carboxylic acid groups (broad SMARTS) is 1. The molecule has 3 aliphatic rings. The summed E-state index contributed by atoms with van der Waals surface area (Å²) in [5, 5.41) is 12.8. The summed E-state index contributed by atoms with van der Waals surface area (Å²) in [7, 11) is 0. The first-order valence-electron chi connectivity index (χ1n) is 20.8. The van der Waals surface area contributed by atoms with Crippen LogP contribution in [-0.4, -0.2) is 76.2 Å². The fourth-order valence-corrected chi connectivity index (χ4v) is 10.1. The molecule has 1 amide bonds. The number of thiazole rings is 1. The lowest BCUT2D eigenvalue weighted by atomic mass is 9.76. The molecule has 2 aliphatic heterocycles. The minimum atomic E-state index is -0.750. The molecule has 1 saturated heterocycles. The van der Waals surface area contributed by atoms with Gasteiger partial charge in [0.2, 0.25) is 0 Å².